The number of hydrogen-bond donors (Lipinski definition) is 0. The fourth-order valence-corrected chi connectivity index (χ4v) is 2.44. The average molecular weight is 316 g/mol. The Morgan fingerprint density at radius 2 is 1.17 bits per heavy atom. The molecule has 4 rings (SSSR count). The number of aromatic nitrogens is 2. The number of hydrogen-bond acceptors (Lipinski definition) is 1. The molecule has 0 N–H and O–H groups in total. The van der Waals surface area contributed by atoms with Gasteiger partial charge >= 0.3 is 0 Å². The Kier molecular flexibility index (Phi) is 5.15. The molecule has 0 saturated carbocycles. The molecule has 0 aliphatic carbocycles. The van der Waals surface area contributed by atoms with Crippen molar-refractivity contribution in [3.8, 4) is 17.3 Å². The molecule has 0 aliphatic heterocycles. The number of para-hydroxylation sites is 2. The van der Waals surface area contributed by atoms with Crippen molar-refractivity contribution < 1.29 is 4.74 Å². The number of nitrogens with zero attached hydrogens (tertiary/aromatic N) is 2. The quantitative estimate of drug-likeness (QED) is 0.522. The third kappa shape index (κ3) is 3.76. The zero-order valence-electron chi connectivity index (χ0n) is 13.6. The van der Waals surface area contributed by atoms with E-state index in [1.165, 1.54) is 5.69 Å². The molecule has 0 saturated heterocycles. The van der Waals surface area contributed by atoms with E-state index in [4.69, 9.17) is 4.74 Å². The highest BCUT2D eigenvalue weighted by Gasteiger charge is 2.00. The van der Waals surface area contributed by atoms with Gasteiger partial charge in [-0.05, 0) is 42.5 Å². The molecule has 0 unspecified atom stereocenters. The van der Waals surface area contributed by atoms with Crippen LogP contribution in [0, 0.1) is 0 Å². The second-order valence-electron chi connectivity index (χ2n) is 5.18. The van der Waals surface area contributed by atoms with Crippen molar-refractivity contribution in [3.63, 3.8) is 0 Å². The maximum Gasteiger partial charge on any atom is 0.197 e. The normalized spacial score (nSPS) is 9.88. The van der Waals surface area contributed by atoms with Crippen molar-refractivity contribution in [2.75, 3.05) is 7.11 Å². The monoisotopic (exact) mass is 316 g/mol. The molecule has 0 atom stereocenters. The number of benzene rings is 2. The molecule has 2 aromatic carbocycles. The predicted octanol–water partition coefficient (Wildman–Crippen LogP) is 4.96. The summed E-state index contributed by atoms with van der Waals surface area (Å²) in [6.07, 6.45) is 6.05. The van der Waals surface area contributed by atoms with Crippen LogP contribution in [0.15, 0.2) is 104 Å². The Morgan fingerprint density at radius 3 is 1.75 bits per heavy atom. The SMILES string of the molecule is COc1cccn1-c1ccccc1.c1ccc(-n2cccc2)cc1. The Balaban J connectivity index is 0.000000143. The first kappa shape index (κ1) is 15.7. The lowest BCUT2D eigenvalue weighted by Crippen LogP contribution is -1.95. The predicted molar refractivity (Wildman–Crippen MR) is 98.1 cm³/mol. The Bertz CT molecular complexity index is 834. The van der Waals surface area contributed by atoms with Gasteiger partial charge in [-0.1, -0.05) is 36.4 Å². The van der Waals surface area contributed by atoms with Gasteiger partial charge in [0.2, 0.25) is 0 Å². The van der Waals surface area contributed by atoms with Gasteiger partial charge in [-0.2, -0.15) is 0 Å². The largest absolute Gasteiger partial charge is 0.482 e. The average Bonchev–Trinajstić information content (AvgIpc) is 3.35. The lowest BCUT2D eigenvalue weighted by Gasteiger charge is -2.06. The van der Waals surface area contributed by atoms with Crippen LogP contribution in [0.2, 0.25) is 0 Å². The minimum Gasteiger partial charge on any atom is -0.482 e. The first-order valence-electron chi connectivity index (χ1n) is 7.83. The molecule has 24 heavy (non-hydrogen) atoms. The molecular weight excluding hydrogens is 296 g/mol. The minimum absolute atomic E-state index is 0.853. The molecule has 2 heterocycles. The molecular formula is C21H20N2O. The zero-order chi connectivity index (χ0) is 16.6. The third-order valence-electron chi connectivity index (χ3n) is 3.61. The lowest BCUT2D eigenvalue weighted by molar-refractivity contribution is 0.390. The van der Waals surface area contributed by atoms with Crippen molar-refractivity contribution in [1.82, 2.24) is 9.13 Å². The van der Waals surface area contributed by atoms with Crippen LogP contribution in [0.3, 0.4) is 0 Å². The lowest BCUT2D eigenvalue weighted by atomic mass is 10.3. The van der Waals surface area contributed by atoms with E-state index in [-0.39, 0.29) is 0 Å². The molecule has 2 aromatic heterocycles. The van der Waals surface area contributed by atoms with Gasteiger partial charge in [-0.25, -0.2) is 0 Å². The first-order valence-corrected chi connectivity index (χ1v) is 7.83. The Labute approximate surface area is 142 Å². The van der Waals surface area contributed by atoms with Gasteiger partial charge in [0.25, 0.3) is 0 Å². The highest BCUT2D eigenvalue weighted by atomic mass is 16.5. The Hall–Kier alpha value is -3.20. The van der Waals surface area contributed by atoms with Crippen LogP contribution in [0.4, 0.5) is 0 Å². The molecule has 0 bridgehead atoms. The fourth-order valence-electron chi connectivity index (χ4n) is 2.44. The smallest absolute Gasteiger partial charge is 0.197 e. The summed E-state index contributed by atoms with van der Waals surface area (Å²) < 4.78 is 9.29. The molecule has 0 aliphatic rings. The second kappa shape index (κ2) is 7.88. The fraction of sp³-hybridized carbons (Fsp3) is 0.0476. The highest BCUT2D eigenvalue weighted by Crippen LogP contribution is 2.17. The van der Waals surface area contributed by atoms with E-state index >= 15 is 0 Å². The van der Waals surface area contributed by atoms with E-state index in [1.807, 2.05) is 96.0 Å². The minimum atomic E-state index is 0.853. The van der Waals surface area contributed by atoms with Gasteiger partial charge < -0.3 is 9.30 Å². The summed E-state index contributed by atoms with van der Waals surface area (Å²) >= 11 is 0. The van der Waals surface area contributed by atoms with Gasteiger partial charge in [0.15, 0.2) is 5.88 Å². The van der Waals surface area contributed by atoms with Crippen LogP contribution in [0.1, 0.15) is 0 Å². The van der Waals surface area contributed by atoms with Crippen LogP contribution in [-0.2, 0) is 0 Å². The summed E-state index contributed by atoms with van der Waals surface area (Å²) in [7, 11) is 1.68. The Morgan fingerprint density at radius 1 is 0.583 bits per heavy atom. The van der Waals surface area contributed by atoms with Crippen molar-refractivity contribution in [3.05, 3.63) is 104 Å². The first-order chi connectivity index (χ1) is 11.9. The van der Waals surface area contributed by atoms with Crippen molar-refractivity contribution >= 4 is 0 Å². The molecule has 0 fully saturated rings. The van der Waals surface area contributed by atoms with Crippen LogP contribution >= 0.6 is 0 Å². The van der Waals surface area contributed by atoms with Gasteiger partial charge in [-0.15, -0.1) is 0 Å². The third-order valence-corrected chi connectivity index (χ3v) is 3.61. The van der Waals surface area contributed by atoms with Crippen molar-refractivity contribution in [2.24, 2.45) is 0 Å². The highest BCUT2D eigenvalue weighted by molar-refractivity contribution is 5.36. The van der Waals surface area contributed by atoms with Crippen LogP contribution < -0.4 is 4.74 Å². The maximum atomic E-state index is 5.20. The van der Waals surface area contributed by atoms with E-state index in [0.717, 1.165) is 11.6 Å². The van der Waals surface area contributed by atoms with Gasteiger partial charge in [0, 0.05) is 36.0 Å². The van der Waals surface area contributed by atoms with Crippen LogP contribution in [0.5, 0.6) is 5.88 Å². The molecule has 4 aromatic rings. The van der Waals surface area contributed by atoms with Crippen LogP contribution in [0.25, 0.3) is 11.4 Å². The number of rotatable bonds is 3. The molecule has 0 radical (unpaired) electrons. The van der Waals surface area contributed by atoms with E-state index in [2.05, 4.69) is 16.7 Å². The van der Waals surface area contributed by atoms with E-state index in [9.17, 15) is 0 Å². The molecule has 3 heteroatoms. The van der Waals surface area contributed by atoms with E-state index in [0.29, 0.717) is 0 Å². The second-order valence-corrected chi connectivity index (χ2v) is 5.18. The summed E-state index contributed by atoms with van der Waals surface area (Å²) in [6.45, 7) is 0. The summed E-state index contributed by atoms with van der Waals surface area (Å²) in [6, 6.07) is 28.3. The van der Waals surface area contributed by atoms with Crippen molar-refractivity contribution in [2.45, 2.75) is 0 Å². The van der Waals surface area contributed by atoms with Crippen molar-refractivity contribution in [1.29, 1.82) is 0 Å². The number of methoxy groups -OCH3 is 1. The molecule has 0 spiro atoms. The van der Waals surface area contributed by atoms with Crippen LogP contribution in [-0.4, -0.2) is 16.2 Å². The maximum absolute atomic E-state index is 5.20. The van der Waals surface area contributed by atoms with Gasteiger partial charge in [0.1, 0.15) is 0 Å². The summed E-state index contributed by atoms with van der Waals surface area (Å²) in [5.41, 5.74) is 2.32. The topological polar surface area (TPSA) is 19.1 Å². The van der Waals surface area contributed by atoms with E-state index in [1.54, 1.807) is 7.11 Å². The molecule has 3 nitrogen and oxygen atoms in total. The molecule has 120 valence electrons. The zero-order valence-corrected chi connectivity index (χ0v) is 13.6. The van der Waals surface area contributed by atoms with E-state index < -0.39 is 0 Å². The number of ether oxygens (including phenoxy) is 1. The summed E-state index contributed by atoms with van der Waals surface area (Å²) in [5.74, 6) is 0.853. The summed E-state index contributed by atoms with van der Waals surface area (Å²) in [5, 5.41) is 0. The standard InChI is InChI=1S/C11H11NO.C10H9N/c1-13-11-8-5-9-12(11)10-6-3-2-4-7-10;1-2-6-10(7-3-1)11-8-4-5-9-11/h2-9H,1H3;1-9H. The molecule has 0 amide bonds. The summed E-state index contributed by atoms with van der Waals surface area (Å²) in [4.78, 5) is 0. The van der Waals surface area contributed by atoms with Gasteiger partial charge in [0.05, 0.1) is 7.11 Å². The van der Waals surface area contributed by atoms with Gasteiger partial charge in [-0.3, -0.25) is 4.57 Å².